The molecule has 5 rings (SSSR count). The lowest BCUT2D eigenvalue weighted by atomic mass is 9.87. The SMILES string of the molecule is CN(C)C(=O)C1CCc2c(sc3ncnc(Nc4cc5c(cc4OCCCl)CN=C5)c23)C1. The lowest BCUT2D eigenvalue weighted by molar-refractivity contribution is -0.133. The number of benzene rings is 1. The number of thiophene rings is 1. The number of carbonyl (C=O) groups is 1. The molecule has 1 aliphatic carbocycles. The molecular weight excluding hydrogens is 446 g/mol. The minimum atomic E-state index is 0.0292. The first-order valence-electron chi connectivity index (χ1n) is 10.6. The molecule has 0 spiro atoms. The highest BCUT2D eigenvalue weighted by molar-refractivity contribution is 7.19. The molecule has 3 heterocycles. The van der Waals surface area contributed by atoms with Gasteiger partial charge in [-0.25, -0.2) is 9.97 Å². The van der Waals surface area contributed by atoms with Crippen molar-refractivity contribution in [1.82, 2.24) is 14.9 Å². The second kappa shape index (κ2) is 8.67. The summed E-state index contributed by atoms with van der Waals surface area (Å²) in [4.78, 5) is 29.8. The van der Waals surface area contributed by atoms with E-state index in [2.05, 4.69) is 20.3 Å². The van der Waals surface area contributed by atoms with Crippen LogP contribution in [0.3, 0.4) is 0 Å². The summed E-state index contributed by atoms with van der Waals surface area (Å²) in [6, 6.07) is 4.07. The number of aliphatic imine (C=N–C) groups is 1. The first-order chi connectivity index (χ1) is 15.5. The van der Waals surface area contributed by atoms with E-state index in [0.717, 1.165) is 57.9 Å². The van der Waals surface area contributed by atoms with E-state index in [1.807, 2.05) is 32.4 Å². The molecule has 32 heavy (non-hydrogen) atoms. The van der Waals surface area contributed by atoms with Crippen LogP contribution in [-0.2, 0) is 24.2 Å². The Labute approximate surface area is 195 Å². The molecule has 1 unspecified atom stereocenters. The maximum atomic E-state index is 12.5. The maximum absolute atomic E-state index is 12.5. The van der Waals surface area contributed by atoms with Crippen LogP contribution in [0, 0.1) is 5.92 Å². The van der Waals surface area contributed by atoms with E-state index >= 15 is 0 Å². The molecule has 2 aliphatic rings. The van der Waals surface area contributed by atoms with E-state index in [4.69, 9.17) is 16.3 Å². The quantitative estimate of drug-likeness (QED) is 0.548. The van der Waals surface area contributed by atoms with Crippen LogP contribution < -0.4 is 10.1 Å². The summed E-state index contributed by atoms with van der Waals surface area (Å²) in [5, 5.41) is 4.54. The number of halogens is 1. The highest BCUT2D eigenvalue weighted by atomic mass is 35.5. The molecule has 0 saturated carbocycles. The van der Waals surface area contributed by atoms with Gasteiger partial charge in [0.15, 0.2) is 0 Å². The summed E-state index contributed by atoms with van der Waals surface area (Å²) >= 11 is 7.53. The van der Waals surface area contributed by atoms with Gasteiger partial charge in [-0.3, -0.25) is 9.79 Å². The Morgan fingerprint density at radius 2 is 2.22 bits per heavy atom. The van der Waals surface area contributed by atoms with Crippen molar-refractivity contribution in [3.05, 3.63) is 40.0 Å². The van der Waals surface area contributed by atoms with Crippen LogP contribution in [0.1, 0.15) is 28.0 Å². The van der Waals surface area contributed by atoms with E-state index in [0.29, 0.717) is 19.0 Å². The predicted molar refractivity (Wildman–Crippen MR) is 129 cm³/mol. The molecule has 1 aromatic carbocycles. The average molecular weight is 470 g/mol. The number of ether oxygens (including phenoxy) is 1. The monoisotopic (exact) mass is 469 g/mol. The summed E-state index contributed by atoms with van der Waals surface area (Å²) in [6.45, 7) is 1.08. The second-order valence-electron chi connectivity index (χ2n) is 8.26. The lowest BCUT2D eigenvalue weighted by Gasteiger charge is -2.24. The van der Waals surface area contributed by atoms with Crippen molar-refractivity contribution in [1.29, 1.82) is 0 Å². The van der Waals surface area contributed by atoms with E-state index in [1.54, 1.807) is 22.6 Å². The minimum Gasteiger partial charge on any atom is -0.490 e. The Kier molecular flexibility index (Phi) is 5.73. The lowest BCUT2D eigenvalue weighted by Crippen LogP contribution is -2.32. The summed E-state index contributed by atoms with van der Waals surface area (Å²) in [5.41, 5.74) is 4.30. The van der Waals surface area contributed by atoms with Gasteiger partial charge < -0.3 is 15.0 Å². The second-order valence-corrected chi connectivity index (χ2v) is 9.72. The van der Waals surface area contributed by atoms with Crippen molar-refractivity contribution >= 4 is 56.8 Å². The molecule has 0 fully saturated rings. The van der Waals surface area contributed by atoms with Crippen LogP contribution in [0.25, 0.3) is 10.2 Å². The van der Waals surface area contributed by atoms with Gasteiger partial charge in [0, 0.05) is 31.1 Å². The normalized spacial score (nSPS) is 16.7. The van der Waals surface area contributed by atoms with Gasteiger partial charge >= 0.3 is 0 Å². The van der Waals surface area contributed by atoms with Gasteiger partial charge in [0.05, 0.1) is 23.5 Å². The fourth-order valence-electron chi connectivity index (χ4n) is 4.41. The molecule has 0 radical (unpaired) electrons. The van der Waals surface area contributed by atoms with Crippen molar-refractivity contribution in [2.24, 2.45) is 10.9 Å². The van der Waals surface area contributed by atoms with E-state index in [-0.39, 0.29) is 11.8 Å². The van der Waals surface area contributed by atoms with Crippen LogP contribution in [0.4, 0.5) is 11.5 Å². The Morgan fingerprint density at radius 1 is 1.34 bits per heavy atom. The average Bonchev–Trinajstić information content (AvgIpc) is 3.40. The molecule has 1 aliphatic heterocycles. The van der Waals surface area contributed by atoms with Crippen molar-refractivity contribution in [2.75, 3.05) is 31.9 Å². The Balaban J connectivity index is 1.51. The largest absolute Gasteiger partial charge is 0.490 e. The third kappa shape index (κ3) is 3.82. The first kappa shape index (κ1) is 21.2. The van der Waals surface area contributed by atoms with E-state index < -0.39 is 0 Å². The number of nitrogens with zero attached hydrogens (tertiary/aromatic N) is 4. The van der Waals surface area contributed by atoms with Crippen LogP contribution in [0.5, 0.6) is 5.75 Å². The highest BCUT2D eigenvalue weighted by Crippen LogP contribution is 2.42. The van der Waals surface area contributed by atoms with E-state index in [1.165, 1.54) is 10.4 Å². The van der Waals surface area contributed by atoms with E-state index in [9.17, 15) is 4.79 Å². The van der Waals surface area contributed by atoms with Gasteiger partial charge in [0.25, 0.3) is 0 Å². The van der Waals surface area contributed by atoms with Crippen LogP contribution in [0.2, 0.25) is 0 Å². The summed E-state index contributed by atoms with van der Waals surface area (Å²) in [7, 11) is 3.64. The molecular formula is C23H24ClN5O2S. The molecule has 166 valence electrons. The van der Waals surface area contributed by atoms with Crippen molar-refractivity contribution in [3.8, 4) is 5.75 Å². The zero-order valence-corrected chi connectivity index (χ0v) is 19.6. The number of hydrogen-bond acceptors (Lipinski definition) is 7. The molecule has 0 saturated heterocycles. The molecule has 1 atom stereocenters. The molecule has 1 N–H and O–H groups in total. The summed E-state index contributed by atoms with van der Waals surface area (Å²) < 4.78 is 5.92. The van der Waals surface area contributed by atoms with Crippen molar-refractivity contribution in [3.63, 3.8) is 0 Å². The molecule has 1 amide bonds. The third-order valence-electron chi connectivity index (χ3n) is 5.96. The Morgan fingerprint density at radius 3 is 3.03 bits per heavy atom. The van der Waals surface area contributed by atoms with Crippen LogP contribution >= 0.6 is 22.9 Å². The van der Waals surface area contributed by atoms with Gasteiger partial charge in [0.2, 0.25) is 5.91 Å². The number of alkyl halides is 1. The zero-order valence-electron chi connectivity index (χ0n) is 18.0. The number of rotatable bonds is 6. The Hall–Kier alpha value is -2.71. The number of amides is 1. The minimum absolute atomic E-state index is 0.0292. The fourth-order valence-corrected chi connectivity index (χ4v) is 5.76. The van der Waals surface area contributed by atoms with Crippen molar-refractivity contribution < 1.29 is 9.53 Å². The standard InChI is InChI=1S/C23H24ClN5O2S/c1-29(2)23(30)13-3-4-16-19(9-13)32-22-20(16)21(26-12-27-22)28-17-7-14-10-25-11-15(14)8-18(17)31-6-5-24/h7-8,10,12-13H,3-6,9,11H2,1-2H3,(H,26,27,28). The predicted octanol–water partition coefficient (Wildman–Crippen LogP) is 4.18. The topological polar surface area (TPSA) is 79.7 Å². The van der Waals surface area contributed by atoms with Gasteiger partial charge in [-0.15, -0.1) is 22.9 Å². The summed E-state index contributed by atoms with van der Waals surface area (Å²) in [6.07, 6.45) is 5.91. The number of carbonyl (C=O) groups excluding carboxylic acids is 1. The van der Waals surface area contributed by atoms with Gasteiger partial charge in [-0.1, -0.05) is 0 Å². The van der Waals surface area contributed by atoms with Gasteiger partial charge in [-0.05, 0) is 48.1 Å². The number of fused-ring (bicyclic) bond motifs is 4. The van der Waals surface area contributed by atoms with Crippen LogP contribution in [-0.4, -0.2) is 53.6 Å². The number of nitrogens with one attached hydrogen (secondary N) is 1. The zero-order chi connectivity index (χ0) is 22.2. The summed E-state index contributed by atoms with van der Waals surface area (Å²) in [5.74, 6) is 2.13. The molecule has 2 aromatic heterocycles. The smallest absolute Gasteiger partial charge is 0.225 e. The molecule has 0 bridgehead atoms. The number of anilines is 2. The first-order valence-corrected chi connectivity index (χ1v) is 12.0. The van der Waals surface area contributed by atoms with Gasteiger partial charge in [-0.2, -0.15) is 0 Å². The van der Waals surface area contributed by atoms with Gasteiger partial charge in [0.1, 0.15) is 29.3 Å². The maximum Gasteiger partial charge on any atom is 0.225 e. The van der Waals surface area contributed by atoms with Crippen molar-refractivity contribution in [2.45, 2.75) is 25.8 Å². The molecule has 9 heteroatoms. The number of aryl methyl sites for hydroxylation is 1. The number of aromatic nitrogens is 2. The fraction of sp³-hybridized carbons (Fsp3) is 0.391. The molecule has 3 aromatic rings. The molecule has 7 nitrogen and oxygen atoms in total. The third-order valence-corrected chi connectivity index (χ3v) is 7.27. The Bertz CT molecular complexity index is 1220. The highest BCUT2D eigenvalue weighted by Gasteiger charge is 2.30. The number of hydrogen-bond donors (Lipinski definition) is 1. The van der Waals surface area contributed by atoms with Crippen LogP contribution in [0.15, 0.2) is 23.5 Å².